The molecule has 0 aliphatic heterocycles. The van der Waals surface area contributed by atoms with Crippen LogP contribution in [0.5, 0.6) is 0 Å². The number of nitrogens with one attached hydrogen (secondary N) is 1. The Labute approximate surface area is 128 Å². The van der Waals surface area contributed by atoms with E-state index in [0.717, 1.165) is 25.9 Å². The van der Waals surface area contributed by atoms with E-state index in [-0.39, 0.29) is 24.9 Å². The maximum atomic E-state index is 12.2. The summed E-state index contributed by atoms with van der Waals surface area (Å²) in [7, 11) is 8.05. The van der Waals surface area contributed by atoms with Crippen molar-refractivity contribution in [3.63, 3.8) is 0 Å². The van der Waals surface area contributed by atoms with Crippen molar-refractivity contribution in [2.45, 2.75) is 12.8 Å². The molecule has 0 saturated carbocycles. The highest BCUT2D eigenvalue weighted by atomic mass is 16.2. The molecule has 7 nitrogen and oxygen atoms in total. The first kappa shape index (κ1) is 19.8. The molecule has 2 amide bonds. The summed E-state index contributed by atoms with van der Waals surface area (Å²) < 4.78 is 0. The van der Waals surface area contributed by atoms with Gasteiger partial charge in [-0.1, -0.05) is 0 Å². The van der Waals surface area contributed by atoms with Crippen LogP contribution in [-0.4, -0.2) is 94.0 Å². The molecule has 0 heterocycles. The lowest BCUT2D eigenvalue weighted by Gasteiger charge is -2.24. The van der Waals surface area contributed by atoms with E-state index in [1.165, 1.54) is 0 Å². The quantitative estimate of drug-likeness (QED) is 0.501. The van der Waals surface area contributed by atoms with Crippen molar-refractivity contribution in [2.75, 3.05) is 67.5 Å². The highest BCUT2D eigenvalue weighted by Crippen LogP contribution is 1.97. The number of hydrogen-bond donors (Lipinski definition) is 2. The molecule has 0 aromatic heterocycles. The molecule has 0 fully saturated rings. The van der Waals surface area contributed by atoms with Crippen LogP contribution in [0.3, 0.4) is 0 Å². The van der Waals surface area contributed by atoms with E-state index in [9.17, 15) is 9.59 Å². The monoisotopic (exact) mass is 301 g/mol. The van der Waals surface area contributed by atoms with E-state index in [1.807, 2.05) is 33.1 Å². The Morgan fingerprint density at radius 1 is 0.905 bits per heavy atom. The van der Waals surface area contributed by atoms with Crippen molar-refractivity contribution < 1.29 is 9.59 Å². The largest absolute Gasteiger partial charge is 0.346 e. The first-order valence-electron chi connectivity index (χ1n) is 7.40. The lowest BCUT2D eigenvalue weighted by Crippen LogP contribution is -2.43. The van der Waals surface area contributed by atoms with Crippen LogP contribution in [0.25, 0.3) is 0 Å². The van der Waals surface area contributed by atoms with Gasteiger partial charge in [-0.25, -0.2) is 0 Å². The van der Waals surface area contributed by atoms with E-state index >= 15 is 0 Å². The number of nitrogens with zero attached hydrogens (tertiary/aromatic N) is 3. The summed E-state index contributed by atoms with van der Waals surface area (Å²) in [6.07, 6.45) is 1.84. The van der Waals surface area contributed by atoms with Gasteiger partial charge in [-0.05, 0) is 54.1 Å². The molecular formula is C14H31N5O2. The van der Waals surface area contributed by atoms with Crippen LogP contribution in [0.15, 0.2) is 0 Å². The van der Waals surface area contributed by atoms with Crippen LogP contribution in [0.4, 0.5) is 0 Å². The third-order valence-corrected chi connectivity index (χ3v) is 3.04. The predicted molar refractivity (Wildman–Crippen MR) is 85.0 cm³/mol. The Kier molecular flexibility index (Phi) is 10.8. The van der Waals surface area contributed by atoms with E-state index < -0.39 is 0 Å². The second-order valence-corrected chi connectivity index (χ2v) is 5.68. The molecule has 0 spiro atoms. The third-order valence-electron chi connectivity index (χ3n) is 3.04. The molecule has 0 aliphatic rings. The average Bonchev–Trinajstić information content (AvgIpc) is 2.41. The highest BCUT2D eigenvalue weighted by molar-refractivity contribution is 5.85. The van der Waals surface area contributed by atoms with Gasteiger partial charge in [0, 0.05) is 13.1 Å². The predicted octanol–water partition coefficient (Wildman–Crippen LogP) is -1.21. The first-order valence-corrected chi connectivity index (χ1v) is 7.40. The van der Waals surface area contributed by atoms with Gasteiger partial charge in [0.2, 0.25) is 11.8 Å². The molecular weight excluding hydrogens is 270 g/mol. The Morgan fingerprint density at radius 3 is 1.76 bits per heavy atom. The Bertz CT molecular complexity index is 294. The van der Waals surface area contributed by atoms with E-state index in [2.05, 4.69) is 15.1 Å². The molecule has 21 heavy (non-hydrogen) atoms. The van der Waals surface area contributed by atoms with Crippen molar-refractivity contribution in [1.29, 1.82) is 0 Å². The van der Waals surface area contributed by atoms with Gasteiger partial charge in [-0.3, -0.25) is 9.59 Å². The normalized spacial score (nSPS) is 11.0. The van der Waals surface area contributed by atoms with Gasteiger partial charge in [-0.15, -0.1) is 0 Å². The van der Waals surface area contributed by atoms with Gasteiger partial charge in [0.1, 0.15) is 0 Å². The molecule has 0 aromatic rings. The minimum absolute atomic E-state index is 0.0277. The molecule has 3 N–H and O–H groups in total. The number of nitrogens with two attached hydrogens (primary N) is 1. The zero-order valence-corrected chi connectivity index (χ0v) is 13.9. The molecule has 0 unspecified atom stereocenters. The van der Waals surface area contributed by atoms with Crippen molar-refractivity contribution in [3.8, 4) is 0 Å². The number of carbonyl (C=O) groups is 2. The standard InChI is InChI=1S/C14H31N5O2/c1-17(2)7-5-9-19(10-6-8-18(3)4)14(21)12-16-13(20)11-15/h5-12,15H2,1-4H3,(H,16,20). The van der Waals surface area contributed by atoms with Crippen LogP contribution in [0.2, 0.25) is 0 Å². The first-order chi connectivity index (χ1) is 9.86. The van der Waals surface area contributed by atoms with Crippen LogP contribution in [-0.2, 0) is 9.59 Å². The van der Waals surface area contributed by atoms with Crippen molar-refractivity contribution in [3.05, 3.63) is 0 Å². The van der Waals surface area contributed by atoms with Gasteiger partial charge in [0.05, 0.1) is 13.1 Å². The van der Waals surface area contributed by atoms with E-state index in [0.29, 0.717) is 13.1 Å². The molecule has 0 aliphatic carbocycles. The van der Waals surface area contributed by atoms with Gasteiger partial charge in [0.15, 0.2) is 0 Å². The molecule has 124 valence electrons. The van der Waals surface area contributed by atoms with Crippen LogP contribution in [0, 0.1) is 0 Å². The Balaban J connectivity index is 4.26. The van der Waals surface area contributed by atoms with Gasteiger partial charge < -0.3 is 25.8 Å². The molecule has 0 atom stereocenters. The average molecular weight is 301 g/mol. The summed E-state index contributed by atoms with van der Waals surface area (Å²) in [6, 6.07) is 0. The molecule has 7 heteroatoms. The summed E-state index contributed by atoms with van der Waals surface area (Å²) in [4.78, 5) is 29.3. The maximum Gasteiger partial charge on any atom is 0.241 e. The Morgan fingerprint density at radius 2 is 1.38 bits per heavy atom. The lowest BCUT2D eigenvalue weighted by atomic mass is 10.3. The zero-order valence-electron chi connectivity index (χ0n) is 13.9. The van der Waals surface area contributed by atoms with Crippen LogP contribution >= 0.6 is 0 Å². The van der Waals surface area contributed by atoms with Crippen LogP contribution < -0.4 is 11.1 Å². The molecule has 0 bridgehead atoms. The number of rotatable bonds is 11. The van der Waals surface area contributed by atoms with Crippen molar-refractivity contribution in [2.24, 2.45) is 5.73 Å². The maximum absolute atomic E-state index is 12.2. The minimum Gasteiger partial charge on any atom is -0.346 e. The van der Waals surface area contributed by atoms with Gasteiger partial charge in [0.25, 0.3) is 0 Å². The molecule has 0 saturated heterocycles. The smallest absolute Gasteiger partial charge is 0.241 e. The van der Waals surface area contributed by atoms with E-state index in [4.69, 9.17) is 5.73 Å². The number of hydrogen-bond acceptors (Lipinski definition) is 5. The fourth-order valence-electron chi connectivity index (χ4n) is 1.87. The van der Waals surface area contributed by atoms with Crippen molar-refractivity contribution >= 4 is 11.8 Å². The lowest BCUT2D eigenvalue weighted by molar-refractivity contribution is -0.132. The number of amides is 2. The molecule has 0 rings (SSSR count). The summed E-state index contributed by atoms with van der Waals surface area (Å²) in [5, 5.41) is 2.53. The highest BCUT2D eigenvalue weighted by Gasteiger charge is 2.14. The summed E-state index contributed by atoms with van der Waals surface area (Å²) in [5.41, 5.74) is 5.21. The zero-order chi connectivity index (χ0) is 16.3. The number of carbonyl (C=O) groups excluding carboxylic acids is 2. The van der Waals surface area contributed by atoms with Crippen molar-refractivity contribution in [1.82, 2.24) is 20.0 Å². The second-order valence-electron chi connectivity index (χ2n) is 5.68. The van der Waals surface area contributed by atoms with Gasteiger partial charge in [-0.2, -0.15) is 0 Å². The summed E-state index contributed by atoms with van der Waals surface area (Å²) >= 11 is 0. The second kappa shape index (κ2) is 11.5. The minimum atomic E-state index is -0.301. The van der Waals surface area contributed by atoms with Gasteiger partial charge >= 0.3 is 0 Å². The fourth-order valence-corrected chi connectivity index (χ4v) is 1.87. The fraction of sp³-hybridized carbons (Fsp3) is 0.857. The topological polar surface area (TPSA) is 81.9 Å². The van der Waals surface area contributed by atoms with Crippen LogP contribution in [0.1, 0.15) is 12.8 Å². The SMILES string of the molecule is CN(C)CCCN(CCCN(C)C)C(=O)CNC(=O)CN. The van der Waals surface area contributed by atoms with E-state index in [1.54, 1.807) is 0 Å². The third kappa shape index (κ3) is 11.2. The molecule has 0 aromatic carbocycles. The summed E-state index contributed by atoms with van der Waals surface area (Å²) in [5.74, 6) is -0.348. The molecule has 0 radical (unpaired) electrons. The Hall–Kier alpha value is -1.18. The summed E-state index contributed by atoms with van der Waals surface area (Å²) in [6.45, 7) is 3.24.